The molecule has 7 nitrogen and oxygen atoms in total. The third kappa shape index (κ3) is 8.90. The zero-order chi connectivity index (χ0) is 16.5. The molecule has 0 aromatic carbocycles. The molecule has 0 aliphatic carbocycles. The summed E-state index contributed by atoms with van der Waals surface area (Å²) >= 11 is 0. The summed E-state index contributed by atoms with van der Waals surface area (Å²) in [4.78, 5) is 1.58. The fourth-order valence-electron chi connectivity index (χ4n) is 1.69. The van der Waals surface area contributed by atoms with Gasteiger partial charge in [-0.15, -0.1) is 0 Å². The number of nitrogens with zero attached hydrogens (tertiary/aromatic N) is 2. The standard InChI is InChI=1S/C13H26ClN2O5/c1-6-15(7-2)10-13(20-9-4)11-16(8-3)12(5)21-14(17,18)19/h10-12H,6-9H2,1-5H3/q+1. The molecule has 0 aromatic rings. The summed E-state index contributed by atoms with van der Waals surface area (Å²) in [6.45, 7) is 11.8. The average Bonchev–Trinajstić information content (AvgIpc) is 2.39. The molecule has 0 aromatic heterocycles. The van der Waals surface area contributed by atoms with Crippen molar-refractivity contribution in [2.24, 2.45) is 0 Å². The van der Waals surface area contributed by atoms with E-state index in [0.717, 1.165) is 13.1 Å². The molecule has 0 aliphatic heterocycles. The lowest BCUT2D eigenvalue weighted by Gasteiger charge is -2.24. The van der Waals surface area contributed by atoms with E-state index in [1.54, 1.807) is 11.1 Å². The maximum atomic E-state index is 10.6. The molecule has 0 heterocycles. The van der Waals surface area contributed by atoms with E-state index in [2.05, 4.69) is 4.29 Å². The molecule has 0 spiro atoms. The molecule has 1 unspecified atom stereocenters. The molecule has 0 rings (SSSR count). The fraction of sp³-hybridized carbons (Fsp3) is 0.769. The van der Waals surface area contributed by atoms with E-state index in [4.69, 9.17) is 4.74 Å². The van der Waals surface area contributed by atoms with Crippen molar-refractivity contribution >= 4 is 6.21 Å². The Labute approximate surface area is 128 Å². The maximum absolute atomic E-state index is 10.6. The number of hydrogen-bond donors (Lipinski definition) is 0. The summed E-state index contributed by atoms with van der Waals surface area (Å²) in [5.41, 5.74) is 0. The molecule has 0 amide bonds. The van der Waals surface area contributed by atoms with Crippen LogP contribution in [0.15, 0.2) is 12.0 Å². The molecule has 0 N–H and O–H groups in total. The monoisotopic (exact) mass is 325 g/mol. The highest BCUT2D eigenvalue weighted by Crippen LogP contribution is 2.08. The van der Waals surface area contributed by atoms with Gasteiger partial charge in [0.2, 0.25) is 6.21 Å². The molecule has 21 heavy (non-hydrogen) atoms. The van der Waals surface area contributed by atoms with Crippen LogP contribution >= 0.6 is 0 Å². The summed E-state index contributed by atoms with van der Waals surface area (Å²) in [7, 11) is -4.46. The highest BCUT2D eigenvalue weighted by molar-refractivity contribution is 5.71. The van der Waals surface area contributed by atoms with Crippen LogP contribution in [0.5, 0.6) is 0 Å². The van der Waals surface area contributed by atoms with Crippen LogP contribution in [0.2, 0.25) is 0 Å². The predicted octanol–water partition coefficient (Wildman–Crippen LogP) is -1.43. The summed E-state index contributed by atoms with van der Waals surface area (Å²) in [5.74, 6) is 0.582. The predicted molar refractivity (Wildman–Crippen MR) is 70.0 cm³/mol. The Morgan fingerprint density at radius 3 is 2.14 bits per heavy atom. The summed E-state index contributed by atoms with van der Waals surface area (Å²) in [5, 5.41) is 0. The first-order valence-electron chi connectivity index (χ1n) is 7.05. The van der Waals surface area contributed by atoms with Crippen molar-refractivity contribution in [2.45, 2.75) is 40.8 Å². The lowest BCUT2D eigenvalue weighted by Crippen LogP contribution is -2.63. The highest BCUT2D eigenvalue weighted by Gasteiger charge is 2.28. The smallest absolute Gasteiger partial charge is 0.284 e. The van der Waals surface area contributed by atoms with E-state index in [1.165, 1.54) is 6.92 Å². The first-order chi connectivity index (χ1) is 9.77. The van der Waals surface area contributed by atoms with Gasteiger partial charge >= 0.3 is 0 Å². The van der Waals surface area contributed by atoms with Gasteiger partial charge in [0.25, 0.3) is 6.23 Å². The van der Waals surface area contributed by atoms with Crippen LogP contribution < -0.4 is 14.0 Å². The Bertz CT molecular complexity index is 349. The van der Waals surface area contributed by atoms with E-state index in [1.807, 2.05) is 38.5 Å². The second-order valence-electron chi connectivity index (χ2n) is 4.21. The molecule has 0 saturated heterocycles. The van der Waals surface area contributed by atoms with Gasteiger partial charge in [-0.25, -0.2) is 4.58 Å². The normalized spacial score (nSPS) is 13.8. The topological polar surface area (TPSA) is 93.9 Å². The van der Waals surface area contributed by atoms with Crippen LogP contribution in [0.3, 0.4) is 0 Å². The first kappa shape index (κ1) is 20.1. The van der Waals surface area contributed by atoms with Crippen LogP contribution in [0.25, 0.3) is 0 Å². The van der Waals surface area contributed by atoms with Crippen LogP contribution in [-0.2, 0) is 9.03 Å². The van der Waals surface area contributed by atoms with Gasteiger partial charge in [0, 0.05) is 6.54 Å². The van der Waals surface area contributed by atoms with Crippen molar-refractivity contribution in [2.75, 3.05) is 26.2 Å². The van der Waals surface area contributed by atoms with Gasteiger partial charge in [0.05, 0.1) is 27.3 Å². The van der Waals surface area contributed by atoms with Gasteiger partial charge in [0.1, 0.15) is 13.1 Å². The van der Waals surface area contributed by atoms with Crippen molar-refractivity contribution in [3.63, 3.8) is 0 Å². The molecule has 124 valence electrons. The van der Waals surface area contributed by atoms with E-state index in [0.29, 0.717) is 18.9 Å². The van der Waals surface area contributed by atoms with Crippen LogP contribution in [0.1, 0.15) is 34.6 Å². The summed E-state index contributed by atoms with van der Waals surface area (Å²) < 4.78 is 43.9. The SMILES string of the molecule is CCOC(=CN(CC)C(C)O[Cl+3]([O-])([O-])[O-])C=[N+](CC)CC. The van der Waals surface area contributed by atoms with Crippen molar-refractivity contribution in [1.29, 1.82) is 0 Å². The third-order valence-electron chi connectivity index (χ3n) is 2.80. The zero-order valence-corrected chi connectivity index (χ0v) is 14.1. The second kappa shape index (κ2) is 9.97. The quantitative estimate of drug-likeness (QED) is 0.211. The van der Waals surface area contributed by atoms with Gasteiger partial charge < -0.3 is 9.64 Å². The molecular weight excluding hydrogens is 300 g/mol. The van der Waals surface area contributed by atoms with Gasteiger partial charge in [-0.2, -0.15) is 14.0 Å². The Morgan fingerprint density at radius 1 is 1.19 bits per heavy atom. The number of hydrogen-bond acceptors (Lipinski definition) is 6. The molecule has 0 aliphatic rings. The van der Waals surface area contributed by atoms with Crippen molar-refractivity contribution in [3.8, 4) is 0 Å². The van der Waals surface area contributed by atoms with Crippen LogP contribution in [0.4, 0.5) is 0 Å². The second-order valence-corrected chi connectivity index (χ2v) is 5.15. The molecular formula is C13H26ClN2O5+. The Hall–Kier alpha value is -0.860. The largest absolute Gasteiger partial charge is 0.487 e. The molecule has 0 radical (unpaired) electrons. The number of ether oxygens (including phenoxy) is 1. The highest BCUT2D eigenvalue weighted by atomic mass is 35.7. The molecule has 0 bridgehead atoms. The van der Waals surface area contributed by atoms with E-state index >= 15 is 0 Å². The first-order valence-corrected chi connectivity index (χ1v) is 8.29. The third-order valence-corrected chi connectivity index (χ3v) is 3.27. The van der Waals surface area contributed by atoms with Gasteiger partial charge in [-0.1, -0.05) is 0 Å². The summed E-state index contributed by atoms with van der Waals surface area (Å²) in [6, 6.07) is 0. The zero-order valence-electron chi connectivity index (χ0n) is 13.4. The Kier molecular flexibility index (Phi) is 9.56. The minimum absolute atomic E-state index is 0.467. The molecule has 1 atom stereocenters. The van der Waals surface area contributed by atoms with E-state index in [9.17, 15) is 14.0 Å². The molecule has 0 saturated carbocycles. The molecule has 0 fully saturated rings. The van der Waals surface area contributed by atoms with Crippen LogP contribution in [0, 0.1) is 10.2 Å². The van der Waals surface area contributed by atoms with Gasteiger partial charge in [-0.3, -0.25) is 0 Å². The lowest BCUT2D eigenvalue weighted by molar-refractivity contribution is -1.92. The van der Waals surface area contributed by atoms with Crippen LogP contribution in [-0.4, -0.2) is 48.2 Å². The van der Waals surface area contributed by atoms with Crippen molar-refractivity contribution < 1.29 is 37.8 Å². The summed E-state index contributed by atoms with van der Waals surface area (Å²) in [6.07, 6.45) is 2.59. The number of halogens is 1. The average molecular weight is 326 g/mol. The Balaban J connectivity index is 5.15. The van der Waals surface area contributed by atoms with Crippen molar-refractivity contribution in [1.82, 2.24) is 4.90 Å². The van der Waals surface area contributed by atoms with Gasteiger partial charge in [-0.05, 0) is 34.6 Å². The minimum Gasteiger partial charge on any atom is -0.487 e. The molecule has 8 heteroatoms. The lowest BCUT2D eigenvalue weighted by atomic mass is 10.4. The maximum Gasteiger partial charge on any atom is 0.284 e. The number of rotatable bonds is 10. The van der Waals surface area contributed by atoms with E-state index in [-0.39, 0.29) is 0 Å². The van der Waals surface area contributed by atoms with Crippen molar-refractivity contribution in [3.05, 3.63) is 12.0 Å². The van der Waals surface area contributed by atoms with E-state index < -0.39 is 16.5 Å². The Morgan fingerprint density at radius 2 is 1.76 bits per heavy atom. The fourth-order valence-corrected chi connectivity index (χ4v) is 2.10. The number of allylic oxidation sites excluding steroid dienone is 1. The minimum atomic E-state index is -4.46. The van der Waals surface area contributed by atoms with Gasteiger partial charge in [0.15, 0.2) is 5.76 Å².